The number of hydrogen-bond donors (Lipinski definition) is 1. The second-order valence-electron chi connectivity index (χ2n) is 4.96. The van der Waals surface area contributed by atoms with E-state index in [0.29, 0.717) is 0 Å². The van der Waals surface area contributed by atoms with Gasteiger partial charge in [0.2, 0.25) is 15.3 Å². The van der Waals surface area contributed by atoms with E-state index in [2.05, 4.69) is 4.98 Å². The first kappa shape index (κ1) is 14.5. The zero-order valence-electron chi connectivity index (χ0n) is 11.6. The van der Waals surface area contributed by atoms with E-state index >= 15 is 0 Å². The summed E-state index contributed by atoms with van der Waals surface area (Å²) in [7, 11) is -3.96. The van der Waals surface area contributed by atoms with Gasteiger partial charge in [0.1, 0.15) is 10.7 Å². The second-order valence-corrected chi connectivity index (χ2v) is 6.88. The lowest BCUT2D eigenvalue weighted by Gasteiger charge is -2.06. The Kier molecular flexibility index (Phi) is 3.33. The van der Waals surface area contributed by atoms with Crippen molar-refractivity contribution in [1.29, 1.82) is 0 Å². The maximum atomic E-state index is 13.6. The van der Waals surface area contributed by atoms with Crippen molar-refractivity contribution in [2.24, 2.45) is 0 Å². The van der Waals surface area contributed by atoms with Gasteiger partial charge in [-0.25, -0.2) is 12.8 Å². The second kappa shape index (κ2) is 5.06. The summed E-state index contributed by atoms with van der Waals surface area (Å²) in [5.41, 5.74) is 0.192. The molecule has 0 aliphatic rings. The first-order chi connectivity index (χ1) is 10.4. The Bertz CT molecular complexity index is 1020. The smallest absolute Gasteiger partial charge is 0.211 e. The molecule has 0 unspecified atom stereocenters. The highest BCUT2D eigenvalue weighted by Crippen LogP contribution is 2.20. The van der Waals surface area contributed by atoms with E-state index in [1.807, 2.05) is 6.92 Å². The minimum atomic E-state index is -3.96. The molecule has 0 saturated heterocycles. The summed E-state index contributed by atoms with van der Waals surface area (Å²) in [4.78, 5) is 14.6. The van der Waals surface area contributed by atoms with Gasteiger partial charge >= 0.3 is 0 Å². The number of aromatic amines is 1. The number of aryl methyl sites for hydroxylation is 1. The van der Waals surface area contributed by atoms with Gasteiger partial charge in [-0.1, -0.05) is 23.8 Å². The van der Waals surface area contributed by atoms with Crippen molar-refractivity contribution in [2.75, 3.05) is 0 Å². The van der Waals surface area contributed by atoms with Crippen molar-refractivity contribution in [2.45, 2.75) is 16.7 Å². The number of aromatic nitrogens is 1. The normalized spacial score (nSPS) is 11.7. The molecule has 112 valence electrons. The van der Waals surface area contributed by atoms with Crippen LogP contribution in [-0.4, -0.2) is 13.4 Å². The Morgan fingerprint density at radius 1 is 1.05 bits per heavy atom. The molecule has 3 aromatic rings. The van der Waals surface area contributed by atoms with Gasteiger partial charge in [0.25, 0.3) is 0 Å². The van der Waals surface area contributed by atoms with Crippen molar-refractivity contribution >= 4 is 20.7 Å². The van der Waals surface area contributed by atoms with Crippen LogP contribution in [0.15, 0.2) is 63.2 Å². The summed E-state index contributed by atoms with van der Waals surface area (Å²) < 4.78 is 38.8. The van der Waals surface area contributed by atoms with Crippen molar-refractivity contribution in [3.63, 3.8) is 0 Å². The molecule has 1 heterocycles. The predicted octanol–water partition coefficient (Wildman–Crippen LogP) is 2.81. The number of sulfone groups is 1. The van der Waals surface area contributed by atoms with Crippen molar-refractivity contribution < 1.29 is 12.8 Å². The summed E-state index contributed by atoms with van der Waals surface area (Å²) in [5.74, 6) is -0.603. The highest BCUT2D eigenvalue weighted by atomic mass is 32.2. The average Bonchev–Trinajstić information content (AvgIpc) is 2.49. The number of H-pyrrole nitrogens is 1. The molecular formula is C16H12FNO3S. The maximum absolute atomic E-state index is 13.6. The third kappa shape index (κ3) is 2.21. The van der Waals surface area contributed by atoms with Gasteiger partial charge in [0, 0.05) is 11.6 Å². The van der Waals surface area contributed by atoms with Crippen LogP contribution in [-0.2, 0) is 9.84 Å². The van der Waals surface area contributed by atoms with Crippen molar-refractivity contribution in [3.8, 4) is 0 Å². The highest BCUT2D eigenvalue weighted by molar-refractivity contribution is 7.91. The Labute approximate surface area is 126 Å². The molecule has 1 N–H and O–H groups in total. The van der Waals surface area contributed by atoms with E-state index in [9.17, 15) is 17.6 Å². The highest BCUT2D eigenvalue weighted by Gasteiger charge is 2.22. The number of para-hydroxylation sites is 1. The fourth-order valence-corrected chi connectivity index (χ4v) is 3.56. The molecule has 2 aromatic carbocycles. The minimum Gasteiger partial charge on any atom is -0.357 e. The van der Waals surface area contributed by atoms with Crippen LogP contribution < -0.4 is 5.43 Å². The van der Waals surface area contributed by atoms with Crippen LogP contribution in [0, 0.1) is 12.7 Å². The van der Waals surface area contributed by atoms with Crippen LogP contribution in [0.1, 0.15) is 5.56 Å². The van der Waals surface area contributed by atoms with Crippen molar-refractivity contribution in [1.82, 2.24) is 4.98 Å². The molecule has 4 nitrogen and oxygen atoms in total. The standard InChI is InChI=1S/C16H12FNO3S/c1-10-5-7-11(8-6-10)22(20,21)14-9-18-15-12(16(14)19)3-2-4-13(15)17/h2-9H,1H3,(H,18,19). The lowest BCUT2D eigenvalue weighted by atomic mass is 10.2. The summed E-state index contributed by atoms with van der Waals surface area (Å²) >= 11 is 0. The van der Waals surface area contributed by atoms with Gasteiger partial charge < -0.3 is 4.98 Å². The Morgan fingerprint density at radius 2 is 1.73 bits per heavy atom. The number of nitrogens with one attached hydrogen (secondary N) is 1. The van der Waals surface area contributed by atoms with Crippen molar-refractivity contribution in [3.05, 3.63) is 70.3 Å². The first-order valence-corrected chi connectivity index (χ1v) is 8.01. The molecule has 0 amide bonds. The molecular weight excluding hydrogens is 305 g/mol. The largest absolute Gasteiger partial charge is 0.357 e. The fourth-order valence-electron chi connectivity index (χ4n) is 2.24. The molecule has 0 spiro atoms. The number of hydrogen-bond acceptors (Lipinski definition) is 3. The number of benzene rings is 2. The summed E-state index contributed by atoms with van der Waals surface area (Å²) in [6, 6.07) is 10.2. The molecule has 0 saturated carbocycles. The Hall–Kier alpha value is -2.47. The number of rotatable bonds is 2. The van der Waals surface area contributed by atoms with E-state index in [1.54, 1.807) is 12.1 Å². The molecule has 22 heavy (non-hydrogen) atoms. The quantitative estimate of drug-likeness (QED) is 0.790. The zero-order valence-corrected chi connectivity index (χ0v) is 12.4. The number of halogens is 1. The third-order valence-corrected chi connectivity index (χ3v) is 5.23. The summed E-state index contributed by atoms with van der Waals surface area (Å²) in [6.45, 7) is 1.84. The molecule has 3 rings (SSSR count). The van der Waals surface area contributed by atoms with E-state index in [4.69, 9.17) is 0 Å². The van der Waals surface area contributed by atoms with Crippen LogP contribution in [0.25, 0.3) is 10.9 Å². The predicted molar refractivity (Wildman–Crippen MR) is 81.2 cm³/mol. The van der Waals surface area contributed by atoms with E-state index in [1.165, 1.54) is 30.3 Å². The Morgan fingerprint density at radius 3 is 2.41 bits per heavy atom. The fraction of sp³-hybridized carbons (Fsp3) is 0.0625. The van der Waals surface area contributed by atoms with E-state index < -0.39 is 26.0 Å². The van der Waals surface area contributed by atoms with Gasteiger partial charge in [-0.15, -0.1) is 0 Å². The lowest BCUT2D eigenvalue weighted by molar-refractivity contribution is 0.595. The SMILES string of the molecule is Cc1ccc(S(=O)(=O)c2c[nH]c3c(F)cccc3c2=O)cc1. The molecule has 0 atom stereocenters. The zero-order chi connectivity index (χ0) is 15.9. The average molecular weight is 317 g/mol. The minimum absolute atomic E-state index is 0.00430. The molecule has 1 aromatic heterocycles. The van der Waals surface area contributed by atoms with Gasteiger partial charge in [-0.3, -0.25) is 4.79 Å². The molecule has 0 radical (unpaired) electrons. The number of fused-ring (bicyclic) bond motifs is 1. The first-order valence-electron chi connectivity index (χ1n) is 6.53. The molecule has 0 aliphatic carbocycles. The van der Waals surface area contributed by atoms with Crippen LogP contribution in [0.3, 0.4) is 0 Å². The number of pyridine rings is 1. The lowest BCUT2D eigenvalue weighted by Crippen LogP contribution is -2.16. The molecule has 6 heteroatoms. The van der Waals surface area contributed by atoms with Crippen LogP contribution >= 0.6 is 0 Å². The molecule has 0 aliphatic heterocycles. The van der Waals surface area contributed by atoms with Crippen LogP contribution in [0.2, 0.25) is 0 Å². The topological polar surface area (TPSA) is 67.0 Å². The van der Waals surface area contributed by atoms with Gasteiger partial charge in [0.15, 0.2) is 0 Å². The van der Waals surface area contributed by atoms with Gasteiger partial charge in [-0.05, 0) is 31.2 Å². The van der Waals surface area contributed by atoms with Crippen LogP contribution in [0.4, 0.5) is 4.39 Å². The Balaban J connectivity index is 2.28. The monoisotopic (exact) mass is 317 g/mol. The van der Waals surface area contributed by atoms with Gasteiger partial charge in [0.05, 0.1) is 10.4 Å². The summed E-state index contributed by atoms with van der Waals surface area (Å²) in [6.07, 6.45) is 1.04. The third-order valence-electron chi connectivity index (χ3n) is 3.45. The molecule has 0 fully saturated rings. The summed E-state index contributed by atoms with van der Waals surface area (Å²) in [5, 5.41) is 0.00758. The van der Waals surface area contributed by atoms with E-state index in [0.717, 1.165) is 11.8 Å². The van der Waals surface area contributed by atoms with Crippen LogP contribution in [0.5, 0.6) is 0 Å². The van der Waals surface area contributed by atoms with E-state index in [-0.39, 0.29) is 15.8 Å². The van der Waals surface area contributed by atoms with Gasteiger partial charge in [-0.2, -0.15) is 0 Å². The maximum Gasteiger partial charge on any atom is 0.211 e. The molecule has 0 bridgehead atoms.